The van der Waals surface area contributed by atoms with Crippen molar-refractivity contribution >= 4 is 21.8 Å². The molecule has 2 heterocycles. The number of pyridine rings is 2. The number of aromatic nitrogens is 2. The first kappa shape index (κ1) is 16.7. The Labute approximate surface area is 143 Å². The summed E-state index contributed by atoms with van der Waals surface area (Å²) in [4.78, 5) is 8.06. The van der Waals surface area contributed by atoms with Gasteiger partial charge in [-0.25, -0.2) is 0 Å². The predicted octanol–water partition coefficient (Wildman–Crippen LogP) is 3.88. The molecule has 2 N–H and O–H groups in total. The van der Waals surface area contributed by atoms with Crippen LogP contribution in [0.2, 0.25) is 0 Å². The van der Waals surface area contributed by atoms with Crippen LogP contribution in [-0.2, 0) is 17.1 Å². The third kappa shape index (κ3) is 3.77. The molecule has 0 saturated heterocycles. The largest absolute Gasteiger partial charge is 0.506 e. The van der Waals surface area contributed by atoms with E-state index < -0.39 is 0 Å². The molecule has 2 aromatic heterocycles. The zero-order valence-corrected chi connectivity index (χ0v) is 13.0. The Bertz CT molecular complexity index is 841. The summed E-state index contributed by atoms with van der Waals surface area (Å²) in [7, 11) is 0. The van der Waals surface area contributed by atoms with Crippen molar-refractivity contribution in [3.63, 3.8) is 0 Å². The van der Waals surface area contributed by atoms with E-state index in [-0.39, 0.29) is 28.6 Å². The number of rotatable bonds is 0. The second kappa shape index (κ2) is 7.58. The van der Waals surface area contributed by atoms with Gasteiger partial charge in [0.1, 0.15) is 22.5 Å². The Balaban J connectivity index is 0.000000160. The van der Waals surface area contributed by atoms with E-state index in [4.69, 9.17) is 0 Å². The van der Waals surface area contributed by atoms with Crippen LogP contribution in [0.5, 0.6) is 11.5 Å². The number of fused-ring (bicyclic) bond motifs is 2. The van der Waals surface area contributed by atoms with Gasteiger partial charge in [0.05, 0.1) is 0 Å². The first-order valence-electron chi connectivity index (χ1n) is 6.81. The summed E-state index contributed by atoms with van der Waals surface area (Å²) in [6.45, 7) is 0. The maximum atomic E-state index is 9.31. The molecule has 0 aliphatic carbocycles. The summed E-state index contributed by atoms with van der Waals surface area (Å²) < 4.78 is 0. The monoisotopic (exact) mass is 354 g/mol. The molecule has 0 aliphatic heterocycles. The number of phenolic OH excluding ortho intramolecular Hbond substituents is 2. The van der Waals surface area contributed by atoms with Crippen molar-refractivity contribution < 1.29 is 27.3 Å². The molecular weight excluding hydrogens is 340 g/mol. The molecule has 0 bridgehead atoms. The van der Waals surface area contributed by atoms with Gasteiger partial charge >= 0.3 is 0 Å². The fourth-order valence-electron chi connectivity index (χ4n) is 2.18. The van der Waals surface area contributed by atoms with Gasteiger partial charge < -0.3 is 10.2 Å². The summed E-state index contributed by atoms with van der Waals surface area (Å²) >= 11 is 0. The van der Waals surface area contributed by atoms with Gasteiger partial charge in [0.25, 0.3) is 0 Å². The maximum Gasteiger partial charge on any atom is 0.141 e. The first-order valence-corrected chi connectivity index (χ1v) is 6.81. The van der Waals surface area contributed by atoms with Crippen LogP contribution in [-0.4, -0.2) is 20.2 Å². The van der Waals surface area contributed by atoms with Crippen LogP contribution in [0.4, 0.5) is 0 Å². The quantitative estimate of drug-likeness (QED) is 0.471. The van der Waals surface area contributed by atoms with E-state index in [1.165, 1.54) is 0 Å². The molecule has 0 fully saturated rings. The molecule has 119 valence electrons. The Kier molecular flexibility index (Phi) is 5.52. The molecule has 5 heteroatoms. The number of para-hydroxylation sites is 2. The fraction of sp³-hybridized carbons (Fsp3) is 0. The SMILES string of the molecule is Oc1cccc2cccnc12.Oc1cccc2cccnc12.[64Cu]. The normalized spacial score (nSPS) is 9.74. The van der Waals surface area contributed by atoms with Crippen molar-refractivity contribution in [1.29, 1.82) is 0 Å². The molecule has 4 aromatic rings. The van der Waals surface area contributed by atoms with Crippen molar-refractivity contribution in [1.82, 2.24) is 9.97 Å². The van der Waals surface area contributed by atoms with E-state index in [9.17, 15) is 10.2 Å². The fourth-order valence-corrected chi connectivity index (χ4v) is 2.18. The Morgan fingerprint density at radius 1 is 0.565 bits per heavy atom. The van der Waals surface area contributed by atoms with Gasteiger partial charge in [0, 0.05) is 40.2 Å². The molecule has 0 spiro atoms. The zero-order valence-electron chi connectivity index (χ0n) is 12.0. The van der Waals surface area contributed by atoms with Crippen LogP contribution >= 0.6 is 0 Å². The number of hydrogen-bond donors (Lipinski definition) is 2. The van der Waals surface area contributed by atoms with E-state index in [1.807, 2.05) is 36.4 Å². The number of phenols is 2. The van der Waals surface area contributed by atoms with E-state index in [0.717, 1.165) is 10.8 Å². The number of hydrogen-bond acceptors (Lipinski definition) is 4. The first-order chi connectivity index (χ1) is 10.8. The van der Waals surface area contributed by atoms with Crippen LogP contribution in [0.25, 0.3) is 21.8 Å². The molecular formula is C18H14CuN2O2. The number of nitrogens with zero attached hydrogens (tertiary/aromatic N) is 2. The van der Waals surface area contributed by atoms with Crippen molar-refractivity contribution in [3.8, 4) is 11.5 Å². The third-order valence-electron chi connectivity index (χ3n) is 3.22. The van der Waals surface area contributed by atoms with E-state index in [2.05, 4.69) is 9.97 Å². The van der Waals surface area contributed by atoms with Gasteiger partial charge in [0.2, 0.25) is 0 Å². The van der Waals surface area contributed by atoms with Crippen LogP contribution in [0.15, 0.2) is 73.1 Å². The molecule has 0 atom stereocenters. The average molecular weight is 354 g/mol. The van der Waals surface area contributed by atoms with Gasteiger partial charge in [-0.1, -0.05) is 36.4 Å². The standard InChI is InChI=1S/2C9H7NO.Cu/c2*11-8-5-1-3-7-4-2-6-10-9(7)8;/h2*1-6,11H;/i;;1+0. The minimum atomic E-state index is 0. The Morgan fingerprint density at radius 3 is 1.35 bits per heavy atom. The van der Waals surface area contributed by atoms with Gasteiger partial charge in [-0.05, 0) is 24.3 Å². The van der Waals surface area contributed by atoms with Crippen molar-refractivity contribution in [2.75, 3.05) is 0 Å². The second-order valence-electron chi connectivity index (χ2n) is 4.70. The molecule has 1 radical (unpaired) electrons. The van der Waals surface area contributed by atoms with Crippen molar-refractivity contribution in [2.24, 2.45) is 0 Å². The molecule has 23 heavy (non-hydrogen) atoms. The summed E-state index contributed by atoms with van der Waals surface area (Å²) in [6.07, 6.45) is 3.34. The van der Waals surface area contributed by atoms with Crippen LogP contribution < -0.4 is 0 Å². The van der Waals surface area contributed by atoms with E-state index >= 15 is 0 Å². The molecule has 0 aliphatic rings. The van der Waals surface area contributed by atoms with Crippen LogP contribution in [0, 0.1) is 0 Å². The molecule has 2 aromatic carbocycles. The minimum Gasteiger partial charge on any atom is -0.506 e. The summed E-state index contributed by atoms with van der Waals surface area (Å²) in [5, 5.41) is 20.5. The summed E-state index contributed by atoms with van der Waals surface area (Å²) in [5.74, 6) is 0.478. The third-order valence-corrected chi connectivity index (χ3v) is 3.22. The van der Waals surface area contributed by atoms with Crippen molar-refractivity contribution in [2.45, 2.75) is 0 Å². The minimum absolute atomic E-state index is 0. The number of benzene rings is 2. The molecule has 0 amide bonds. The molecule has 0 unspecified atom stereocenters. The van der Waals surface area contributed by atoms with Gasteiger partial charge in [0.15, 0.2) is 0 Å². The van der Waals surface area contributed by atoms with Gasteiger partial charge in [-0.2, -0.15) is 0 Å². The summed E-state index contributed by atoms with van der Waals surface area (Å²) in [5.41, 5.74) is 1.32. The molecule has 4 nitrogen and oxygen atoms in total. The second-order valence-corrected chi connectivity index (χ2v) is 4.70. The Morgan fingerprint density at radius 2 is 0.957 bits per heavy atom. The van der Waals surface area contributed by atoms with Crippen LogP contribution in [0.1, 0.15) is 0 Å². The predicted molar refractivity (Wildman–Crippen MR) is 86.8 cm³/mol. The molecule has 0 saturated carbocycles. The van der Waals surface area contributed by atoms with Crippen molar-refractivity contribution in [3.05, 3.63) is 73.1 Å². The molecule has 4 rings (SSSR count). The Hall–Kier alpha value is -2.62. The maximum absolute atomic E-state index is 9.31. The smallest absolute Gasteiger partial charge is 0.141 e. The number of aromatic hydroxyl groups is 2. The summed E-state index contributed by atoms with van der Waals surface area (Å²) in [6, 6.07) is 18.3. The average Bonchev–Trinajstić information content (AvgIpc) is 2.57. The zero-order chi connectivity index (χ0) is 15.4. The van der Waals surface area contributed by atoms with E-state index in [0.29, 0.717) is 11.0 Å². The van der Waals surface area contributed by atoms with Gasteiger partial charge in [-0.15, -0.1) is 0 Å². The van der Waals surface area contributed by atoms with Gasteiger partial charge in [-0.3, -0.25) is 9.97 Å². The van der Waals surface area contributed by atoms with E-state index in [1.54, 1.807) is 36.7 Å². The topological polar surface area (TPSA) is 66.2 Å². The van der Waals surface area contributed by atoms with Crippen LogP contribution in [0.3, 0.4) is 0 Å².